The molecule has 4 aromatic rings. The fraction of sp³-hybridized carbons (Fsp3) is 0.158. The Hall–Kier alpha value is -2.93. The molecule has 0 unspecified atom stereocenters. The Balaban J connectivity index is 1.56. The topological polar surface area (TPSA) is 69.9 Å². The maximum Gasteiger partial charge on any atom is 0.211 e. The predicted molar refractivity (Wildman–Crippen MR) is 102 cm³/mol. The molecule has 0 aliphatic carbocycles. The summed E-state index contributed by atoms with van der Waals surface area (Å²) in [4.78, 5) is 16.9. The van der Waals surface area contributed by atoms with Crippen molar-refractivity contribution in [2.75, 3.05) is 12.9 Å². The quantitative estimate of drug-likeness (QED) is 0.399. The Labute approximate surface area is 154 Å². The highest BCUT2D eigenvalue weighted by molar-refractivity contribution is 7.99. The molecule has 0 saturated heterocycles. The number of thioether (sulfide) groups is 1. The van der Waals surface area contributed by atoms with Crippen LogP contribution in [0.3, 0.4) is 0 Å². The number of ether oxygens (including phenoxy) is 1. The van der Waals surface area contributed by atoms with Crippen LogP contribution in [0.2, 0.25) is 0 Å². The van der Waals surface area contributed by atoms with Crippen LogP contribution in [0.4, 0.5) is 0 Å². The van der Waals surface area contributed by atoms with Gasteiger partial charge >= 0.3 is 0 Å². The molecule has 4 rings (SSSR count). The molecular formula is C19H16N4O2S. The number of carbonyl (C=O) groups is 1. The Morgan fingerprint density at radius 2 is 1.88 bits per heavy atom. The predicted octanol–water partition coefficient (Wildman–Crippen LogP) is 3.50. The summed E-state index contributed by atoms with van der Waals surface area (Å²) in [7, 11) is 3.55. The maximum absolute atomic E-state index is 12.3. The van der Waals surface area contributed by atoms with Crippen LogP contribution >= 0.6 is 11.8 Å². The molecule has 2 heterocycles. The Bertz CT molecular complexity index is 1110. The van der Waals surface area contributed by atoms with Crippen LogP contribution < -0.4 is 4.74 Å². The number of rotatable bonds is 5. The van der Waals surface area contributed by atoms with E-state index in [0.717, 1.165) is 27.8 Å². The normalized spacial score (nSPS) is 11.2. The lowest BCUT2D eigenvalue weighted by atomic mass is 10.1. The van der Waals surface area contributed by atoms with Gasteiger partial charge in [-0.1, -0.05) is 30.0 Å². The average Bonchev–Trinajstić information content (AvgIpc) is 2.98. The molecule has 0 atom stereocenters. The molecule has 0 spiro atoms. The number of Topliss-reactive ketones (excluding diaryl/α,β-unsaturated/α-hetero) is 1. The molecule has 0 aliphatic heterocycles. The number of ketones is 1. The largest absolute Gasteiger partial charge is 0.497 e. The number of para-hydroxylation sites is 1. The van der Waals surface area contributed by atoms with Crippen molar-refractivity contribution in [2.45, 2.75) is 5.16 Å². The minimum Gasteiger partial charge on any atom is -0.497 e. The molecule has 0 bridgehead atoms. The van der Waals surface area contributed by atoms with E-state index >= 15 is 0 Å². The van der Waals surface area contributed by atoms with E-state index in [0.29, 0.717) is 10.7 Å². The van der Waals surface area contributed by atoms with Crippen LogP contribution in [0.15, 0.2) is 53.7 Å². The van der Waals surface area contributed by atoms with Crippen molar-refractivity contribution in [3.63, 3.8) is 0 Å². The summed E-state index contributed by atoms with van der Waals surface area (Å²) in [6.45, 7) is 0. The van der Waals surface area contributed by atoms with Gasteiger partial charge in [0.2, 0.25) is 5.16 Å². The molecule has 0 aliphatic rings. The second-order valence-corrected chi connectivity index (χ2v) is 6.73. The van der Waals surface area contributed by atoms with Crippen molar-refractivity contribution >= 4 is 39.6 Å². The first kappa shape index (κ1) is 16.5. The molecule has 7 heteroatoms. The zero-order valence-electron chi connectivity index (χ0n) is 14.3. The molecule has 6 nitrogen and oxygen atoms in total. The number of fused-ring (bicyclic) bond motifs is 3. The van der Waals surface area contributed by atoms with Gasteiger partial charge in [0.25, 0.3) is 0 Å². The van der Waals surface area contributed by atoms with E-state index < -0.39 is 0 Å². The maximum atomic E-state index is 12.3. The van der Waals surface area contributed by atoms with E-state index in [1.807, 2.05) is 35.9 Å². The van der Waals surface area contributed by atoms with Crippen molar-refractivity contribution in [1.82, 2.24) is 19.7 Å². The lowest BCUT2D eigenvalue weighted by molar-refractivity contribution is 0.102. The lowest BCUT2D eigenvalue weighted by Crippen LogP contribution is -2.04. The number of carbonyl (C=O) groups excluding carboxylic acids is 1. The molecule has 0 N–H and O–H groups in total. The standard InChI is InChI=1S/C19H16N4O2S/c1-23-15-6-4-3-5-14(15)17-18(23)20-19(22-21-17)26-11-16(24)12-7-9-13(25-2)10-8-12/h3-10H,11H2,1-2H3. The third-order valence-corrected chi connectivity index (χ3v) is 5.07. The molecule has 0 radical (unpaired) electrons. The summed E-state index contributed by atoms with van der Waals surface area (Å²) in [6, 6.07) is 15.1. The first-order valence-corrected chi connectivity index (χ1v) is 9.04. The van der Waals surface area contributed by atoms with Gasteiger partial charge in [0, 0.05) is 18.0 Å². The first-order chi connectivity index (χ1) is 12.7. The fourth-order valence-electron chi connectivity index (χ4n) is 2.84. The van der Waals surface area contributed by atoms with Gasteiger partial charge in [0.05, 0.1) is 18.4 Å². The molecule has 130 valence electrons. The second-order valence-electron chi connectivity index (χ2n) is 5.78. The molecule has 0 saturated carbocycles. The number of hydrogen-bond donors (Lipinski definition) is 0. The molecule has 0 fully saturated rings. The van der Waals surface area contributed by atoms with E-state index in [2.05, 4.69) is 15.2 Å². The summed E-state index contributed by atoms with van der Waals surface area (Å²) in [5.74, 6) is 0.991. The van der Waals surface area contributed by atoms with Crippen LogP contribution in [0.1, 0.15) is 10.4 Å². The van der Waals surface area contributed by atoms with Gasteiger partial charge in [0.1, 0.15) is 11.3 Å². The van der Waals surface area contributed by atoms with Crippen LogP contribution in [0.25, 0.3) is 22.1 Å². The minimum atomic E-state index is 0.0124. The van der Waals surface area contributed by atoms with E-state index in [1.54, 1.807) is 31.4 Å². The third-order valence-electron chi connectivity index (χ3n) is 4.23. The number of hydrogen-bond acceptors (Lipinski definition) is 6. The van der Waals surface area contributed by atoms with Crippen LogP contribution in [0.5, 0.6) is 5.75 Å². The summed E-state index contributed by atoms with van der Waals surface area (Å²) in [5.41, 5.74) is 3.23. The van der Waals surface area contributed by atoms with Crippen LogP contribution in [-0.4, -0.2) is 38.4 Å². The van der Waals surface area contributed by atoms with Crippen LogP contribution in [0, 0.1) is 0 Å². The van der Waals surface area contributed by atoms with E-state index in [9.17, 15) is 4.79 Å². The SMILES string of the molecule is COc1ccc(C(=O)CSc2nnc3c4ccccc4n(C)c3n2)cc1. The van der Waals surface area contributed by atoms with Gasteiger partial charge in [-0.3, -0.25) is 4.79 Å². The van der Waals surface area contributed by atoms with Gasteiger partial charge in [-0.05, 0) is 30.3 Å². The summed E-state index contributed by atoms with van der Waals surface area (Å²) in [5, 5.41) is 10.0. The van der Waals surface area contributed by atoms with E-state index in [1.165, 1.54) is 11.8 Å². The third kappa shape index (κ3) is 2.90. The Morgan fingerprint density at radius 1 is 1.12 bits per heavy atom. The Kier molecular flexibility index (Phi) is 4.30. The lowest BCUT2D eigenvalue weighted by Gasteiger charge is -2.03. The van der Waals surface area contributed by atoms with E-state index in [4.69, 9.17) is 4.74 Å². The zero-order chi connectivity index (χ0) is 18.1. The van der Waals surface area contributed by atoms with Crippen LogP contribution in [-0.2, 0) is 7.05 Å². The Morgan fingerprint density at radius 3 is 2.65 bits per heavy atom. The number of nitrogens with zero attached hydrogens (tertiary/aromatic N) is 4. The number of aromatic nitrogens is 4. The summed E-state index contributed by atoms with van der Waals surface area (Å²) < 4.78 is 7.10. The van der Waals surface area contributed by atoms with Gasteiger partial charge < -0.3 is 9.30 Å². The summed E-state index contributed by atoms with van der Waals surface area (Å²) >= 11 is 1.29. The van der Waals surface area contributed by atoms with Gasteiger partial charge in [0.15, 0.2) is 11.4 Å². The number of benzene rings is 2. The molecule has 2 aromatic heterocycles. The highest BCUT2D eigenvalue weighted by Gasteiger charge is 2.14. The van der Waals surface area contributed by atoms with Crippen molar-refractivity contribution in [3.05, 3.63) is 54.1 Å². The number of aryl methyl sites for hydroxylation is 1. The molecule has 0 amide bonds. The fourth-order valence-corrected chi connectivity index (χ4v) is 3.52. The van der Waals surface area contributed by atoms with Gasteiger partial charge in [-0.15, -0.1) is 10.2 Å². The van der Waals surface area contributed by atoms with Crippen molar-refractivity contribution in [3.8, 4) is 5.75 Å². The highest BCUT2D eigenvalue weighted by Crippen LogP contribution is 2.26. The van der Waals surface area contributed by atoms with E-state index in [-0.39, 0.29) is 11.5 Å². The van der Waals surface area contributed by atoms with Crippen molar-refractivity contribution < 1.29 is 9.53 Å². The van der Waals surface area contributed by atoms with Gasteiger partial charge in [-0.25, -0.2) is 4.98 Å². The smallest absolute Gasteiger partial charge is 0.211 e. The number of methoxy groups -OCH3 is 1. The zero-order valence-corrected chi connectivity index (χ0v) is 15.2. The molecule has 2 aromatic carbocycles. The molecular weight excluding hydrogens is 348 g/mol. The monoisotopic (exact) mass is 364 g/mol. The molecule has 26 heavy (non-hydrogen) atoms. The van der Waals surface area contributed by atoms with Gasteiger partial charge in [-0.2, -0.15) is 0 Å². The highest BCUT2D eigenvalue weighted by atomic mass is 32.2. The van der Waals surface area contributed by atoms with Crippen molar-refractivity contribution in [1.29, 1.82) is 0 Å². The van der Waals surface area contributed by atoms with Crippen molar-refractivity contribution in [2.24, 2.45) is 7.05 Å². The first-order valence-electron chi connectivity index (χ1n) is 8.05. The summed E-state index contributed by atoms with van der Waals surface area (Å²) in [6.07, 6.45) is 0. The minimum absolute atomic E-state index is 0.0124. The average molecular weight is 364 g/mol. The second kappa shape index (κ2) is 6.76.